The molecule has 0 radical (unpaired) electrons. The van der Waals surface area contributed by atoms with Gasteiger partial charge in [0.2, 0.25) is 0 Å². The molecule has 0 fully saturated rings. The third-order valence-corrected chi connectivity index (χ3v) is 4.83. The molecule has 0 saturated carbocycles. The smallest absolute Gasteiger partial charge is 0.276 e. The van der Waals surface area contributed by atoms with Crippen LogP contribution in [0.15, 0.2) is 55.2 Å². The molecule has 4 aromatic heterocycles. The summed E-state index contributed by atoms with van der Waals surface area (Å²) in [6.45, 7) is 3.90. The summed E-state index contributed by atoms with van der Waals surface area (Å²) in [5.41, 5.74) is 3.67. The summed E-state index contributed by atoms with van der Waals surface area (Å²) < 4.78 is 1.69. The van der Waals surface area contributed by atoms with Gasteiger partial charge in [-0.3, -0.25) is 24.6 Å². The van der Waals surface area contributed by atoms with Crippen LogP contribution in [0.5, 0.6) is 0 Å². The third-order valence-electron chi connectivity index (χ3n) is 3.94. The first-order valence-electron chi connectivity index (χ1n) is 8.27. The normalized spacial score (nSPS) is 10.7. The highest BCUT2D eigenvalue weighted by atomic mass is 32.1. The van der Waals surface area contributed by atoms with Gasteiger partial charge in [-0.2, -0.15) is 0 Å². The lowest BCUT2D eigenvalue weighted by molar-refractivity contribution is 0.102. The number of thiazole rings is 1. The van der Waals surface area contributed by atoms with E-state index in [1.807, 2.05) is 44.2 Å². The highest BCUT2D eigenvalue weighted by molar-refractivity contribution is 7.16. The molecule has 0 bridgehead atoms. The van der Waals surface area contributed by atoms with E-state index in [0.29, 0.717) is 10.8 Å². The average molecular weight is 376 g/mol. The van der Waals surface area contributed by atoms with Crippen molar-refractivity contribution in [2.24, 2.45) is 0 Å². The molecule has 1 N–H and O–H groups in total. The molecule has 0 aliphatic heterocycles. The van der Waals surface area contributed by atoms with Crippen molar-refractivity contribution in [1.82, 2.24) is 24.5 Å². The quantitative estimate of drug-likeness (QED) is 0.587. The van der Waals surface area contributed by atoms with E-state index in [0.717, 1.165) is 27.6 Å². The lowest BCUT2D eigenvalue weighted by atomic mass is 10.2. The van der Waals surface area contributed by atoms with Crippen LogP contribution in [0.1, 0.15) is 21.1 Å². The van der Waals surface area contributed by atoms with Crippen molar-refractivity contribution >= 4 is 22.4 Å². The molecule has 4 aromatic rings. The number of hydrogen-bond acceptors (Lipinski definition) is 6. The van der Waals surface area contributed by atoms with Crippen molar-refractivity contribution < 1.29 is 4.79 Å². The number of amides is 1. The highest BCUT2D eigenvalue weighted by Gasteiger charge is 2.17. The zero-order valence-electron chi connectivity index (χ0n) is 14.7. The number of anilines is 1. The maximum atomic E-state index is 12.7. The predicted octanol–water partition coefficient (Wildman–Crippen LogP) is 3.65. The first-order valence-corrected chi connectivity index (χ1v) is 9.09. The number of nitrogens with zero attached hydrogens (tertiary/aromatic N) is 5. The average Bonchev–Trinajstić information content (AvgIpc) is 3.29. The standard InChI is InChI=1S/C19H16N6OS/c1-12-5-3-7-15(22-12)17-13(2)27-19(23-17)24-18(26)16-10-21-11-25(16)14-6-4-8-20-9-14/h3-11H,1-2H3,(H,23,24,26). The van der Waals surface area contributed by atoms with Crippen molar-refractivity contribution in [3.05, 3.63) is 71.5 Å². The van der Waals surface area contributed by atoms with Crippen molar-refractivity contribution in [1.29, 1.82) is 0 Å². The molecule has 0 atom stereocenters. The SMILES string of the molecule is Cc1cccc(-c2nc(NC(=O)c3cncn3-c3cccnc3)sc2C)n1. The van der Waals surface area contributed by atoms with E-state index < -0.39 is 0 Å². The summed E-state index contributed by atoms with van der Waals surface area (Å²) in [5, 5.41) is 3.38. The molecular formula is C19H16N6OS. The molecule has 4 heterocycles. The zero-order valence-corrected chi connectivity index (χ0v) is 15.6. The van der Waals surface area contributed by atoms with E-state index in [4.69, 9.17) is 0 Å². The van der Waals surface area contributed by atoms with Crippen LogP contribution in [0.4, 0.5) is 5.13 Å². The van der Waals surface area contributed by atoms with Crippen LogP contribution >= 0.6 is 11.3 Å². The number of carbonyl (C=O) groups is 1. The van der Waals surface area contributed by atoms with Crippen LogP contribution in [0.3, 0.4) is 0 Å². The van der Waals surface area contributed by atoms with Crippen LogP contribution in [-0.4, -0.2) is 30.4 Å². The Balaban J connectivity index is 1.60. The van der Waals surface area contributed by atoms with Crippen molar-refractivity contribution in [3.63, 3.8) is 0 Å². The number of imidazole rings is 1. The number of hydrogen-bond donors (Lipinski definition) is 1. The van der Waals surface area contributed by atoms with Gasteiger partial charge in [0.15, 0.2) is 5.13 Å². The van der Waals surface area contributed by atoms with E-state index >= 15 is 0 Å². The van der Waals surface area contributed by atoms with E-state index in [1.54, 1.807) is 23.3 Å². The Bertz CT molecular complexity index is 1100. The van der Waals surface area contributed by atoms with Crippen LogP contribution in [-0.2, 0) is 0 Å². The molecule has 1 amide bonds. The maximum Gasteiger partial charge on any atom is 0.276 e. The maximum absolute atomic E-state index is 12.7. The fourth-order valence-corrected chi connectivity index (χ4v) is 3.51. The summed E-state index contributed by atoms with van der Waals surface area (Å²) in [4.78, 5) is 31.0. The van der Waals surface area contributed by atoms with E-state index in [-0.39, 0.29) is 5.91 Å². The predicted molar refractivity (Wildman–Crippen MR) is 104 cm³/mol. The van der Waals surface area contributed by atoms with Crippen LogP contribution in [0, 0.1) is 13.8 Å². The number of rotatable bonds is 4. The first kappa shape index (κ1) is 17.0. The molecule has 27 heavy (non-hydrogen) atoms. The molecule has 0 unspecified atom stereocenters. The molecule has 4 rings (SSSR count). The number of carbonyl (C=O) groups excluding carboxylic acids is 1. The Morgan fingerprint density at radius 3 is 2.74 bits per heavy atom. The summed E-state index contributed by atoms with van der Waals surface area (Å²) in [6.07, 6.45) is 6.46. The molecule has 0 aliphatic rings. The second kappa shape index (κ2) is 7.08. The van der Waals surface area contributed by atoms with Gasteiger partial charge in [-0.15, -0.1) is 11.3 Å². The van der Waals surface area contributed by atoms with Gasteiger partial charge in [0, 0.05) is 16.8 Å². The minimum Gasteiger partial charge on any atom is -0.296 e. The summed E-state index contributed by atoms with van der Waals surface area (Å²) in [7, 11) is 0. The largest absolute Gasteiger partial charge is 0.296 e. The second-order valence-electron chi connectivity index (χ2n) is 5.90. The van der Waals surface area contributed by atoms with Crippen molar-refractivity contribution in [3.8, 4) is 17.1 Å². The Morgan fingerprint density at radius 2 is 1.96 bits per heavy atom. The van der Waals surface area contributed by atoms with Gasteiger partial charge in [-0.1, -0.05) is 6.07 Å². The van der Waals surface area contributed by atoms with Crippen LogP contribution < -0.4 is 5.32 Å². The summed E-state index contributed by atoms with van der Waals surface area (Å²) in [6, 6.07) is 9.47. The lowest BCUT2D eigenvalue weighted by Crippen LogP contribution is -2.16. The third kappa shape index (κ3) is 3.47. The first-order chi connectivity index (χ1) is 13.1. The number of aryl methyl sites for hydroxylation is 2. The summed E-state index contributed by atoms with van der Waals surface area (Å²) >= 11 is 1.42. The van der Waals surface area contributed by atoms with Gasteiger partial charge in [0.05, 0.1) is 30.1 Å². The van der Waals surface area contributed by atoms with Gasteiger partial charge in [-0.05, 0) is 38.1 Å². The van der Waals surface area contributed by atoms with E-state index in [9.17, 15) is 4.79 Å². The fourth-order valence-electron chi connectivity index (χ4n) is 2.69. The topological polar surface area (TPSA) is 85.6 Å². The van der Waals surface area contributed by atoms with E-state index in [1.165, 1.54) is 17.5 Å². The Morgan fingerprint density at radius 1 is 1.07 bits per heavy atom. The number of pyridine rings is 2. The Labute approximate surface area is 159 Å². The van der Waals surface area contributed by atoms with Gasteiger partial charge in [-0.25, -0.2) is 9.97 Å². The van der Waals surface area contributed by atoms with Crippen molar-refractivity contribution in [2.75, 3.05) is 5.32 Å². The highest BCUT2D eigenvalue weighted by Crippen LogP contribution is 2.29. The molecular weight excluding hydrogens is 360 g/mol. The molecule has 8 heteroatoms. The molecule has 0 spiro atoms. The Kier molecular flexibility index (Phi) is 4.47. The van der Waals surface area contributed by atoms with Crippen LogP contribution in [0.2, 0.25) is 0 Å². The van der Waals surface area contributed by atoms with Gasteiger partial charge in [0.1, 0.15) is 11.4 Å². The number of aromatic nitrogens is 5. The van der Waals surface area contributed by atoms with Gasteiger partial charge < -0.3 is 0 Å². The molecule has 0 aliphatic carbocycles. The fraction of sp³-hybridized carbons (Fsp3) is 0.105. The van der Waals surface area contributed by atoms with Gasteiger partial charge >= 0.3 is 0 Å². The van der Waals surface area contributed by atoms with E-state index in [2.05, 4.69) is 25.3 Å². The monoisotopic (exact) mass is 376 g/mol. The molecule has 134 valence electrons. The lowest BCUT2D eigenvalue weighted by Gasteiger charge is -2.06. The minimum atomic E-state index is -0.283. The van der Waals surface area contributed by atoms with Crippen LogP contribution in [0.25, 0.3) is 17.1 Å². The number of nitrogens with one attached hydrogen (secondary N) is 1. The zero-order chi connectivity index (χ0) is 18.8. The van der Waals surface area contributed by atoms with Gasteiger partial charge in [0.25, 0.3) is 5.91 Å². The summed E-state index contributed by atoms with van der Waals surface area (Å²) in [5.74, 6) is -0.283. The molecule has 0 saturated heterocycles. The Hall–Kier alpha value is -3.39. The minimum absolute atomic E-state index is 0.283. The van der Waals surface area contributed by atoms with Crippen molar-refractivity contribution in [2.45, 2.75) is 13.8 Å². The second-order valence-corrected chi connectivity index (χ2v) is 7.11. The molecule has 7 nitrogen and oxygen atoms in total. The molecule has 0 aromatic carbocycles.